The third-order valence-corrected chi connectivity index (χ3v) is 3.27. The number of benzene rings is 1. The standard InChI is InChI=1S/C13H18N2O/c1-2-12-4-3-9-15(12)13(16)10-5-7-11(14)8-6-10/h5-8,12H,2-4,9,14H2,1H3. The number of nitrogens with two attached hydrogens (primary N) is 1. The Hall–Kier alpha value is -1.51. The van der Waals surface area contributed by atoms with Crippen molar-refractivity contribution in [2.75, 3.05) is 12.3 Å². The molecule has 0 saturated carbocycles. The molecule has 3 nitrogen and oxygen atoms in total. The molecule has 1 aromatic rings. The zero-order chi connectivity index (χ0) is 11.5. The minimum absolute atomic E-state index is 0.143. The largest absolute Gasteiger partial charge is 0.399 e. The molecule has 1 amide bonds. The van der Waals surface area contributed by atoms with Crippen molar-refractivity contribution in [1.82, 2.24) is 4.90 Å². The Balaban J connectivity index is 2.15. The molecule has 2 rings (SSSR count). The molecule has 2 N–H and O–H groups in total. The van der Waals surface area contributed by atoms with Crippen LogP contribution in [0.1, 0.15) is 36.5 Å². The number of carbonyl (C=O) groups excluding carboxylic acids is 1. The Morgan fingerprint density at radius 1 is 1.44 bits per heavy atom. The molecule has 1 aliphatic heterocycles. The normalized spacial score (nSPS) is 20.1. The molecule has 0 radical (unpaired) electrons. The fourth-order valence-corrected chi connectivity index (χ4v) is 2.32. The van der Waals surface area contributed by atoms with Crippen LogP contribution in [-0.4, -0.2) is 23.4 Å². The minimum atomic E-state index is 0.143. The van der Waals surface area contributed by atoms with Gasteiger partial charge in [-0.1, -0.05) is 6.92 Å². The summed E-state index contributed by atoms with van der Waals surface area (Å²) >= 11 is 0. The first-order valence-corrected chi connectivity index (χ1v) is 5.89. The van der Waals surface area contributed by atoms with E-state index in [1.807, 2.05) is 17.0 Å². The van der Waals surface area contributed by atoms with Crippen molar-refractivity contribution in [3.05, 3.63) is 29.8 Å². The summed E-state index contributed by atoms with van der Waals surface area (Å²) in [5, 5.41) is 0. The molecule has 1 aromatic carbocycles. The lowest BCUT2D eigenvalue weighted by Gasteiger charge is -2.23. The summed E-state index contributed by atoms with van der Waals surface area (Å²) in [6.07, 6.45) is 3.30. The molecule has 1 atom stereocenters. The molecular formula is C13H18N2O. The third-order valence-electron chi connectivity index (χ3n) is 3.27. The molecule has 0 aromatic heterocycles. The van der Waals surface area contributed by atoms with E-state index in [4.69, 9.17) is 5.73 Å². The van der Waals surface area contributed by atoms with E-state index >= 15 is 0 Å². The van der Waals surface area contributed by atoms with Crippen LogP contribution in [0, 0.1) is 0 Å². The van der Waals surface area contributed by atoms with Gasteiger partial charge in [0.15, 0.2) is 0 Å². The monoisotopic (exact) mass is 218 g/mol. The molecule has 0 spiro atoms. The predicted octanol–water partition coefficient (Wildman–Crippen LogP) is 2.28. The molecule has 1 fully saturated rings. The van der Waals surface area contributed by atoms with Gasteiger partial charge in [-0.15, -0.1) is 0 Å². The highest BCUT2D eigenvalue weighted by Gasteiger charge is 2.27. The van der Waals surface area contributed by atoms with Crippen LogP contribution < -0.4 is 5.73 Å². The van der Waals surface area contributed by atoms with Crippen molar-refractivity contribution >= 4 is 11.6 Å². The van der Waals surface area contributed by atoms with E-state index in [9.17, 15) is 4.79 Å². The van der Waals surface area contributed by atoms with Crippen LogP contribution in [0.3, 0.4) is 0 Å². The van der Waals surface area contributed by atoms with Gasteiger partial charge in [0.05, 0.1) is 0 Å². The minimum Gasteiger partial charge on any atom is -0.399 e. The maximum absolute atomic E-state index is 12.2. The summed E-state index contributed by atoms with van der Waals surface area (Å²) in [4.78, 5) is 14.2. The van der Waals surface area contributed by atoms with Gasteiger partial charge in [0.25, 0.3) is 5.91 Å². The Morgan fingerprint density at radius 2 is 2.12 bits per heavy atom. The first-order valence-electron chi connectivity index (χ1n) is 5.89. The first kappa shape index (κ1) is 11.0. The lowest BCUT2D eigenvalue weighted by molar-refractivity contribution is 0.0733. The van der Waals surface area contributed by atoms with Gasteiger partial charge in [-0.25, -0.2) is 0 Å². The summed E-state index contributed by atoms with van der Waals surface area (Å²) in [5.41, 5.74) is 7.05. The summed E-state index contributed by atoms with van der Waals surface area (Å²) < 4.78 is 0. The van der Waals surface area contributed by atoms with Crippen LogP contribution in [0.25, 0.3) is 0 Å². The summed E-state index contributed by atoms with van der Waals surface area (Å²) in [7, 11) is 0. The Bertz CT molecular complexity index is 372. The van der Waals surface area contributed by atoms with Crippen molar-refractivity contribution in [3.63, 3.8) is 0 Å². The fourth-order valence-electron chi connectivity index (χ4n) is 2.32. The van der Waals surface area contributed by atoms with Gasteiger partial charge in [-0.3, -0.25) is 4.79 Å². The van der Waals surface area contributed by atoms with Crippen LogP contribution >= 0.6 is 0 Å². The molecule has 1 heterocycles. The Morgan fingerprint density at radius 3 is 2.75 bits per heavy atom. The van der Waals surface area contributed by atoms with Gasteiger partial charge in [0, 0.05) is 23.8 Å². The second kappa shape index (κ2) is 4.56. The van der Waals surface area contributed by atoms with E-state index in [2.05, 4.69) is 6.92 Å². The molecule has 0 bridgehead atoms. The van der Waals surface area contributed by atoms with Crippen LogP contribution in [0.15, 0.2) is 24.3 Å². The number of hydrogen-bond acceptors (Lipinski definition) is 2. The SMILES string of the molecule is CCC1CCCN1C(=O)c1ccc(N)cc1. The van der Waals surface area contributed by atoms with Crippen molar-refractivity contribution in [3.8, 4) is 0 Å². The van der Waals surface area contributed by atoms with Crippen molar-refractivity contribution in [2.45, 2.75) is 32.2 Å². The zero-order valence-electron chi connectivity index (χ0n) is 9.65. The average Bonchev–Trinajstić information content (AvgIpc) is 2.77. The van der Waals surface area contributed by atoms with E-state index in [0.717, 1.165) is 31.4 Å². The Kier molecular flexibility index (Phi) is 3.13. The molecule has 86 valence electrons. The highest BCUT2D eigenvalue weighted by Crippen LogP contribution is 2.22. The van der Waals surface area contributed by atoms with E-state index in [1.54, 1.807) is 12.1 Å². The number of likely N-dealkylation sites (tertiary alicyclic amines) is 1. The summed E-state index contributed by atoms with van der Waals surface area (Å²) in [6.45, 7) is 3.03. The first-order chi connectivity index (χ1) is 7.72. The number of carbonyl (C=O) groups is 1. The topological polar surface area (TPSA) is 46.3 Å². The van der Waals surface area contributed by atoms with Gasteiger partial charge >= 0.3 is 0 Å². The number of rotatable bonds is 2. The average molecular weight is 218 g/mol. The number of amides is 1. The van der Waals surface area contributed by atoms with Crippen LogP contribution in [-0.2, 0) is 0 Å². The van der Waals surface area contributed by atoms with E-state index in [0.29, 0.717) is 11.7 Å². The van der Waals surface area contributed by atoms with Gasteiger partial charge in [-0.2, -0.15) is 0 Å². The third kappa shape index (κ3) is 2.03. The lowest BCUT2D eigenvalue weighted by Crippen LogP contribution is -2.35. The zero-order valence-corrected chi connectivity index (χ0v) is 9.65. The highest BCUT2D eigenvalue weighted by atomic mass is 16.2. The van der Waals surface area contributed by atoms with E-state index in [-0.39, 0.29) is 5.91 Å². The molecule has 16 heavy (non-hydrogen) atoms. The molecular weight excluding hydrogens is 200 g/mol. The fraction of sp³-hybridized carbons (Fsp3) is 0.462. The highest BCUT2D eigenvalue weighted by molar-refractivity contribution is 5.94. The Labute approximate surface area is 96.2 Å². The van der Waals surface area contributed by atoms with E-state index < -0.39 is 0 Å². The number of nitrogens with zero attached hydrogens (tertiary/aromatic N) is 1. The molecule has 1 saturated heterocycles. The van der Waals surface area contributed by atoms with Crippen LogP contribution in [0.2, 0.25) is 0 Å². The van der Waals surface area contributed by atoms with E-state index in [1.165, 1.54) is 0 Å². The van der Waals surface area contributed by atoms with Gasteiger partial charge in [0.1, 0.15) is 0 Å². The number of anilines is 1. The molecule has 0 aliphatic carbocycles. The quantitative estimate of drug-likeness (QED) is 0.774. The molecule has 3 heteroatoms. The second-order valence-corrected chi connectivity index (χ2v) is 4.32. The van der Waals surface area contributed by atoms with Gasteiger partial charge in [-0.05, 0) is 43.5 Å². The van der Waals surface area contributed by atoms with Crippen molar-refractivity contribution < 1.29 is 4.79 Å². The second-order valence-electron chi connectivity index (χ2n) is 4.32. The molecule has 1 unspecified atom stereocenters. The lowest BCUT2D eigenvalue weighted by atomic mass is 10.1. The smallest absolute Gasteiger partial charge is 0.254 e. The van der Waals surface area contributed by atoms with Crippen molar-refractivity contribution in [2.24, 2.45) is 0 Å². The predicted molar refractivity (Wildman–Crippen MR) is 65.2 cm³/mol. The van der Waals surface area contributed by atoms with Crippen molar-refractivity contribution in [1.29, 1.82) is 0 Å². The van der Waals surface area contributed by atoms with Gasteiger partial charge < -0.3 is 10.6 Å². The summed E-state index contributed by atoms with van der Waals surface area (Å²) in [6, 6.07) is 7.60. The van der Waals surface area contributed by atoms with Crippen LogP contribution in [0.5, 0.6) is 0 Å². The number of hydrogen-bond donors (Lipinski definition) is 1. The summed E-state index contributed by atoms with van der Waals surface area (Å²) in [5.74, 6) is 0.143. The maximum Gasteiger partial charge on any atom is 0.254 e. The van der Waals surface area contributed by atoms with Crippen LogP contribution in [0.4, 0.5) is 5.69 Å². The molecule has 1 aliphatic rings. The maximum atomic E-state index is 12.2. The number of nitrogen functional groups attached to an aromatic ring is 1. The van der Waals surface area contributed by atoms with Gasteiger partial charge in [0.2, 0.25) is 0 Å².